The fourth-order valence-corrected chi connectivity index (χ4v) is 7.48. The summed E-state index contributed by atoms with van der Waals surface area (Å²) in [7, 11) is 0. The molecule has 5 atom stereocenters. The lowest BCUT2D eigenvalue weighted by molar-refractivity contribution is 0.0902. The number of rotatable bonds is 1. The van der Waals surface area contributed by atoms with E-state index in [1.165, 1.54) is 50.5 Å². The van der Waals surface area contributed by atoms with Crippen LogP contribution in [0.2, 0.25) is 0 Å². The molecule has 0 amide bonds. The second-order valence-corrected chi connectivity index (χ2v) is 11.3. The highest BCUT2D eigenvalue weighted by Gasteiger charge is 2.54. The Morgan fingerprint density at radius 3 is 2.85 bits per heavy atom. The average Bonchev–Trinajstić information content (AvgIpc) is 2.88. The summed E-state index contributed by atoms with van der Waals surface area (Å²) >= 11 is 2.56. The van der Waals surface area contributed by atoms with E-state index in [4.69, 9.17) is 0 Å². The molecule has 0 aromatic carbocycles. The molecule has 4 unspecified atom stereocenters. The van der Waals surface area contributed by atoms with Crippen LogP contribution < -0.4 is 0 Å². The van der Waals surface area contributed by atoms with E-state index in [1.807, 2.05) is 0 Å². The zero-order valence-corrected chi connectivity index (χ0v) is 18.3. The lowest BCUT2D eigenvalue weighted by atomic mass is 9.63. The Morgan fingerprint density at radius 1 is 1.08 bits per heavy atom. The maximum atomic E-state index is 2.58. The van der Waals surface area contributed by atoms with E-state index >= 15 is 0 Å². The standard InChI is InChI=1S/C25H31I/c1-25(2)23-14-19(18-8-7-16-5-3-4-6-17(16)13-18)9-11-21(23)22-12-10-20(26)15-24(22)25/h3,5,7-8,10,12,18-19,21,23-24H,4,6,9,11,13-15H2,1-2H3/t18?,19?,21-,23?,24?/m0/s1. The molecule has 138 valence electrons. The van der Waals surface area contributed by atoms with Crippen LogP contribution >= 0.6 is 22.6 Å². The minimum Gasteiger partial charge on any atom is -0.0836 e. The van der Waals surface area contributed by atoms with Gasteiger partial charge in [0.15, 0.2) is 0 Å². The minimum absolute atomic E-state index is 0.468. The molecule has 2 saturated carbocycles. The van der Waals surface area contributed by atoms with Crippen molar-refractivity contribution in [2.45, 2.75) is 58.8 Å². The largest absolute Gasteiger partial charge is 0.0836 e. The fraction of sp³-hybridized carbons (Fsp3) is 0.600. The van der Waals surface area contributed by atoms with Gasteiger partial charge >= 0.3 is 0 Å². The van der Waals surface area contributed by atoms with Gasteiger partial charge in [0, 0.05) is 0 Å². The van der Waals surface area contributed by atoms with Crippen molar-refractivity contribution in [2.75, 3.05) is 0 Å². The third-order valence-electron chi connectivity index (χ3n) is 8.36. The molecular formula is C25H31I. The molecule has 0 heterocycles. The number of hydrogen-bond donors (Lipinski definition) is 0. The number of fused-ring (bicyclic) bond motifs is 3. The van der Waals surface area contributed by atoms with Crippen LogP contribution in [0.1, 0.15) is 58.8 Å². The molecule has 0 aromatic rings. The highest BCUT2D eigenvalue weighted by molar-refractivity contribution is 14.1. The monoisotopic (exact) mass is 458 g/mol. The lowest BCUT2D eigenvalue weighted by Gasteiger charge is -2.42. The molecule has 0 spiro atoms. The number of hydrogen-bond acceptors (Lipinski definition) is 0. The Morgan fingerprint density at radius 2 is 1.96 bits per heavy atom. The first-order valence-electron chi connectivity index (χ1n) is 10.7. The summed E-state index contributed by atoms with van der Waals surface area (Å²) in [6.07, 6.45) is 24.1. The third-order valence-corrected chi connectivity index (χ3v) is 9.16. The molecule has 0 aliphatic heterocycles. The molecule has 5 aliphatic rings. The predicted octanol–water partition coefficient (Wildman–Crippen LogP) is 7.55. The van der Waals surface area contributed by atoms with Crippen LogP contribution in [0.4, 0.5) is 0 Å². The Labute approximate surface area is 172 Å². The summed E-state index contributed by atoms with van der Waals surface area (Å²) in [5.74, 6) is 4.26. The number of halogens is 1. The van der Waals surface area contributed by atoms with Gasteiger partial charge in [-0.3, -0.25) is 0 Å². The van der Waals surface area contributed by atoms with Gasteiger partial charge in [-0.1, -0.05) is 61.4 Å². The lowest BCUT2D eigenvalue weighted by Crippen LogP contribution is -2.34. The smallest absolute Gasteiger partial charge is 0.00879 e. The van der Waals surface area contributed by atoms with Crippen LogP contribution in [0.5, 0.6) is 0 Å². The molecule has 0 nitrogen and oxygen atoms in total. The van der Waals surface area contributed by atoms with E-state index in [0.717, 1.165) is 29.6 Å². The van der Waals surface area contributed by atoms with Crippen LogP contribution in [0.15, 0.2) is 56.8 Å². The van der Waals surface area contributed by atoms with E-state index in [0.29, 0.717) is 5.41 Å². The van der Waals surface area contributed by atoms with Crippen LogP contribution in [-0.4, -0.2) is 0 Å². The second kappa shape index (κ2) is 6.50. The van der Waals surface area contributed by atoms with Gasteiger partial charge in [-0.2, -0.15) is 0 Å². The van der Waals surface area contributed by atoms with E-state index in [-0.39, 0.29) is 0 Å². The third kappa shape index (κ3) is 2.75. The summed E-state index contributed by atoms with van der Waals surface area (Å²) < 4.78 is 1.56. The fourth-order valence-electron chi connectivity index (χ4n) is 6.86. The zero-order chi connectivity index (χ0) is 17.9. The van der Waals surface area contributed by atoms with Crippen LogP contribution in [0.25, 0.3) is 0 Å². The highest BCUT2D eigenvalue weighted by Crippen LogP contribution is 2.63. The van der Waals surface area contributed by atoms with Crippen molar-refractivity contribution in [3.05, 3.63) is 56.8 Å². The zero-order valence-electron chi connectivity index (χ0n) is 16.2. The molecule has 0 saturated heterocycles. The maximum Gasteiger partial charge on any atom is -0.00879 e. The van der Waals surface area contributed by atoms with Crippen LogP contribution in [0, 0.1) is 35.0 Å². The highest BCUT2D eigenvalue weighted by atomic mass is 127. The molecule has 5 aliphatic carbocycles. The SMILES string of the molecule is CC1(C)C2CC(I)=CC=C2[C@@H]2CCC(C3C=CC4=C(CCC=C4)C3)CC21. The summed E-state index contributed by atoms with van der Waals surface area (Å²) in [6, 6.07) is 0. The van der Waals surface area contributed by atoms with Gasteiger partial charge in [0.05, 0.1) is 0 Å². The van der Waals surface area contributed by atoms with E-state index in [9.17, 15) is 0 Å². The van der Waals surface area contributed by atoms with Crippen LogP contribution in [0.3, 0.4) is 0 Å². The van der Waals surface area contributed by atoms with E-state index in [2.05, 4.69) is 72.9 Å². The van der Waals surface area contributed by atoms with Gasteiger partial charge in [0.1, 0.15) is 0 Å². The molecule has 5 rings (SSSR count). The molecule has 0 bridgehead atoms. The Hall–Kier alpha value is -0.570. The van der Waals surface area contributed by atoms with Crippen molar-refractivity contribution >= 4 is 22.6 Å². The maximum absolute atomic E-state index is 2.58. The van der Waals surface area contributed by atoms with E-state index in [1.54, 1.807) is 14.7 Å². The van der Waals surface area contributed by atoms with Crippen molar-refractivity contribution in [3.8, 4) is 0 Å². The van der Waals surface area contributed by atoms with Gasteiger partial charge in [-0.05, 0) is 112 Å². The summed E-state index contributed by atoms with van der Waals surface area (Å²) in [4.78, 5) is 0. The Bertz CT molecular complexity index is 757. The summed E-state index contributed by atoms with van der Waals surface area (Å²) in [5, 5.41) is 0. The van der Waals surface area contributed by atoms with Crippen LogP contribution in [-0.2, 0) is 0 Å². The Balaban J connectivity index is 1.36. The van der Waals surface area contributed by atoms with Gasteiger partial charge in [-0.25, -0.2) is 0 Å². The molecular weight excluding hydrogens is 427 g/mol. The Kier molecular flexibility index (Phi) is 4.38. The summed E-state index contributed by atoms with van der Waals surface area (Å²) in [6.45, 7) is 5.16. The summed E-state index contributed by atoms with van der Waals surface area (Å²) in [5.41, 5.74) is 5.54. The quantitative estimate of drug-likeness (QED) is 0.356. The van der Waals surface area contributed by atoms with Gasteiger partial charge in [0.25, 0.3) is 0 Å². The second-order valence-electron chi connectivity index (χ2n) is 9.87. The molecule has 1 heteroatoms. The van der Waals surface area contributed by atoms with E-state index < -0.39 is 0 Å². The first kappa shape index (κ1) is 17.5. The van der Waals surface area contributed by atoms with Gasteiger partial charge in [0.2, 0.25) is 0 Å². The van der Waals surface area contributed by atoms with Crippen molar-refractivity contribution in [3.63, 3.8) is 0 Å². The predicted molar refractivity (Wildman–Crippen MR) is 119 cm³/mol. The van der Waals surface area contributed by atoms with Gasteiger partial charge < -0.3 is 0 Å². The minimum atomic E-state index is 0.468. The van der Waals surface area contributed by atoms with Crippen molar-refractivity contribution in [1.82, 2.24) is 0 Å². The van der Waals surface area contributed by atoms with Crippen molar-refractivity contribution in [2.24, 2.45) is 35.0 Å². The average molecular weight is 458 g/mol. The molecule has 0 N–H and O–H groups in total. The van der Waals surface area contributed by atoms with Crippen molar-refractivity contribution in [1.29, 1.82) is 0 Å². The molecule has 2 fully saturated rings. The first-order chi connectivity index (χ1) is 12.5. The normalized spacial score (nSPS) is 40.5. The molecule has 0 aromatic heterocycles. The number of allylic oxidation sites excluding steroid dienone is 10. The molecule has 26 heavy (non-hydrogen) atoms. The van der Waals surface area contributed by atoms with Crippen molar-refractivity contribution < 1.29 is 0 Å². The topological polar surface area (TPSA) is 0 Å². The van der Waals surface area contributed by atoms with Gasteiger partial charge in [-0.15, -0.1) is 0 Å². The molecule has 0 radical (unpaired) electrons. The first-order valence-corrected chi connectivity index (χ1v) is 11.7.